The van der Waals surface area contributed by atoms with Crippen molar-refractivity contribution >= 4 is 23.1 Å². The van der Waals surface area contributed by atoms with Crippen molar-refractivity contribution in [3.8, 4) is 5.75 Å². The summed E-state index contributed by atoms with van der Waals surface area (Å²) in [5.74, 6) is 0.0531. The molecule has 25 heavy (non-hydrogen) atoms. The first-order chi connectivity index (χ1) is 12.2. The number of hydrogen-bond donors (Lipinski definition) is 2. The fourth-order valence-electron chi connectivity index (χ4n) is 2.15. The van der Waals surface area contributed by atoms with Crippen molar-refractivity contribution in [2.75, 3.05) is 17.7 Å². The van der Waals surface area contributed by atoms with Gasteiger partial charge in [-0.25, -0.2) is 4.39 Å². The van der Waals surface area contributed by atoms with E-state index in [4.69, 9.17) is 4.74 Å². The fourth-order valence-corrected chi connectivity index (χ4v) is 2.15. The normalized spacial score (nSPS) is 10.2. The first-order valence-corrected chi connectivity index (χ1v) is 7.47. The molecule has 0 radical (unpaired) electrons. The van der Waals surface area contributed by atoms with Gasteiger partial charge in [0, 0.05) is 0 Å². The molecule has 0 aliphatic carbocycles. The third-order valence-corrected chi connectivity index (χ3v) is 3.39. The van der Waals surface area contributed by atoms with E-state index in [1.54, 1.807) is 48.5 Å². The monoisotopic (exact) mass is 338 g/mol. The number of rotatable bonds is 5. The van der Waals surface area contributed by atoms with E-state index in [0.717, 1.165) is 0 Å². The number of ether oxygens (including phenoxy) is 1. The number of nitrogens with zero attached hydrogens (tertiary/aromatic N) is 2. The summed E-state index contributed by atoms with van der Waals surface area (Å²) in [4.78, 5) is 12.3. The molecule has 3 rings (SSSR count). The number of nitrogens with one attached hydrogen (secondary N) is 2. The van der Waals surface area contributed by atoms with Crippen LogP contribution in [0.5, 0.6) is 5.75 Å². The molecule has 0 atom stereocenters. The van der Waals surface area contributed by atoms with Crippen molar-refractivity contribution in [2.45, 2.75) is 0 Å². The number of carbonyl (C=O) groups is 1. The zero-order valence-electron chi connectivity index (χ0n) is 13.4. The lowest BCUT2D eigenvalue weighted by atomic mass is 10.2. The highest BCUT2D eigenvalue weighted by molar-refractivity contribution is 6.03. The number of amides is 1. The molecule has 0 unspecified atom stereocenters. The molecule has 2 aromatic carbocycles. The number of aromatic nitrogens is 2. The number of halogens is 1. The van der Waals surface area contributed by atoms with Crippen LogP contribution in [0.1, 0.15) is 10.5 Å². The maximum atomic E-state index is 13.6. The standard InChI is InChI=1S/C18H15FN4O2/c1-25-16-9-5-4-8-14(16)21-18(24)15-10-11-17(23-22-15)20-13-7-3-2-6-12(13)19/h2-11H,1H3,(H,20,23)(H,21,24). The quantitative estimate of drug-likeness (QED) is 0.743. The van der Waals surface area contributed by atoms with Crippen molar-refractivity contribution in [3.63, 3.8) is 0 Å². The summed E-state index contributed by atoms with van der Waals surface area (Å²) >= 11 is 0. The number of hydrogen-bond acceptors (Lipinski definition) is 5. The molecule has 0 saturated heterocycles. The average molecular weight is 338 g/mol. The molecule has 0 spiro atoms. The van der Waals surface area contributed by atoms with E-state index in [1.807, 2.05) is 0 Å². The van der Waals surface area contributed by atoms with Gasteiger partial charge in [-0.3, -0.25) is 4.79 Å². The Hall–Kier alpha value is -3.48. The molecule has 1 amide bonds. The van der Waals surface area contributed by atoms with Crippen LogP contribution < -0.4 is 15.4 Å². The van der Waals surface area contributed by atoms with Gasteiger partial charge in [0.2, 0.25) is 0 Å². The number of para-hydroxylation sites is 3. The van der Waals surface area contributed by atoms with Gasteiger partial charge in [0.15, 0.2) is 11.5 Å². The summed E-state index contributed by atoms with van der Waals surface area (Å²) in [5, 5.41) is 13.3. The van der Waals surface area contributed by atoms with E-state index in [1.165, 1.54) is 19.2 Å². The summed E-state index contributed by atoms with van der Waals surface area (Å²) in [7, 11) is 1.52. The van der Waals surface area contributed by atoms with E-state index in [0.29, 0.717) is 17.3 Å². The minimum absolute atomic E-state index is 0.130. The minimum atomic E-state index is -0.422. The number of anilines is 3. The summed E-state index contributed by atoms with van der Waals surface area (Å²) in [6.07, 6.45) is 0. The lowest BCUT2D eigenvalue weighted by Crippen LogP contribution is -2.15. The van der Waals surface area contributed by atoms with Crippen LogP contribution in [0.15, 0.2) is 60.7 Å². The smallest absolute Gasteiger partial charge is 0.276 e. The van der Waals surface area contributed by atoms with Gasteiger partial charge in [-0.05, 0) is 36.4 Å². The third kappa shape index (κ3) is 3.89. The Kier molecular flexibility index (Phi) is 4.84. The molecule has 6 nitrogen and oxygen atoms in total. The molecule has 0 bridgehead atoms. The maximum absolute atomic E-state index is 13.6. The molecule has 0 aliphatic rings. The van der Waals surface area contributed by atoms with Gasteiger partial charge in [-0.15, -0.1) is 10.2 Å². The van der Waals surface area contributed by atoms with Crippen LogP contribution in [0.2, 0.25) is 0 Å². The largest absolute Gasteiger partial charge is 0.495 e. The van der Waals surface area contributed by atoms with Crippen LogP contribution in [0.4, 0.5) is 21.6 Å². The van der Waals surface area contributed by atoms with Crippen molar-refractivity contribution < 1.29 is 13.9 Å². The van der Waals surface area contributed by atoms with Crippen LogP contribution >= 0.6 is 0 Å². The molecule has 1 heterocycles. The maximum Gasteiger partial charge on any atom is 0.276 e. The highest BCUT2D eigenvalue weighted by Crippen LogP contribution is 2.23. The summed E-state index contributed by atoms with van der Waals surface area (Å²) in [6.45, 7) is 0. The van der Waals surface area contributed by atoms with Crippen molar-refractivity contribution in [3.05, 3.63) is 72.2 Å². The number of methoxy groups -OCH3 is 1. The van der Waals surface area contributed by atoms with Crippen LogP contribution in [0.25, 0.3) is 0 Å². The van der Waals surface area contributed by atoms with Gasteiger partial charge < -0.3 is 15.4 Å². The van der Waals surface area contributed by atoms with E-state index < -0.39 is 11.7 Å². The fraction of sp³-hybridized carbons (Fsp3) is 0.0556. The van der Waals surface area contributed by atoms with Crippen molar-refractivity contribution in [2.24, 2.45) is 0 Å². The van der Waals surface area contributed by atoms with E-state index in [9.17, 15) is 9.18 Å². The Bertz CT molecular complexity index is 884. The third-order valence-electron chi connectivity index (χ3n) is 3.39. The Morgan fingerprint density at radius 3 is 2.36 bits per heavy atom. The van der Waals surface area contributed by atoms with E-state index >= 15 is 0 Å². The van der Waals surface area contributed by atoms with Crippen molar-refractivity contribution in [1.29, 1.82) is 0 Å². The second kappa shape index (κ2) is 7.39. The van der Waals surface area contributed by atoms with E-state index in [2.05, 4.69) is 20.8 Å². The summed E-state index contributed by atoms with van der Waals surface area (Å²) < 4.78 is 18.8. The SMILES string of the molecule is COc1ccccc1NC(=O)c1ccc(Nc2ccccc2F)nn1. The number of benzene rings is 2. The van der Waals surface area contributed by atoms with Gasteiger partial charge in [-0.2, -0.15) is 0 Å². The molecular formula is C18H15FN4O2. The van der Waals surface area contributed by atoms with Gasteiger partial charge >= 0.3 is 0 Å². The van der Waals surface area contributed by atoms with Crippen LogP contribution in [0.3, 0.4) is 0 Å². The highest BCUT2D eigenvalue weighted by atomic mass is 19.1. The van der Waals surface area contributed by atoms with Crippen molar-refractivity contribution in [1.82, 2.24) is 10.2 Å². The zero-order chi connectivity index (χ0) is 17.6. The molecular weight excluding hydrogens is 323 g/mol. The predicted octanol–water partition coefficient (Wildman–Crippen LogP) is 3.62. The minimum Gasteiger partial charge on any atom is -0.495 e. The zero-order valence-corrected chi connectivity index (χ0v) is 13.4. The highest BCUT2D eigenvalue weighted by Gasteiger charge is 2.11. The van der Waals surface area contributed by atoms with Gasteiger partial charge in [0.05, 0.1) is 18.5 Å². The molecule has 0 aliphatic heterocycles. The molecule has 0 fully saturated rings. The van der Waals surface area contributed by atoms with Gasteiger partial charge in [0.25, 0.3) is 5.91 Å². The lowest BCUT2D eigenvalue weighted by Gasteiger charge is -2.09. The Morgan fingerprint density at radius 1 is 0.960 bits per heavy atom. The first-order valence-electron chi connectivity index (χ1n) is 7.47. The lowest BCUT2D eigenvalue weighted by molar-refractivity contribution is 0.102. The van der Waals surface area contributed by atoms with Gasteiger partial charge in [0.1, 0.15) is 11.6 Å². The summed E-state index contributed by atoms with van der Waals surface area (Å²) in [6, 6.07) is 16.3. The molecule has 0 saturated carbocycles. The van der Waals surface area contributed by atoms with Crippen LogP contribution in [-0.2, 0) is 0 Å². The topological polar surface area (TPSA) is 76.1 Å². The Labute approximate surface area is 143 Å². The molecule has 7 heteroatoms. The predicted molar refractivity (Wildman–Crippen MR) is 92.7 cm³/mol. The van der Waals surface area contributed by atoms with Crippen LogP contribution in [0, 0.1) is 5.82 Å². The Morgan fingerprint density at radius 2 is 1.68 bits per heavy atom. The molecule has 3 aromatic rings. The number of carbonyl (C=O) groups excluding carboxylic acids is 1. The molecule has 2 N–H and O–H groups in total. The Balaban J connectivity index is 1.71. The first kappa shape index (κ1) is 16.4. The van der Waals surface area contributed by atoms with Crippen LogP contribution in [-0.4, -0.2) is 23.2 Å². The second-order valence-corrected chi connectivity index (χ2v) is 5.06. The average Bonchev–Trinajstić information content (AvgIpc) is 2.64. The van der Waals surface area contributed by atoms with Gasteiger partial charge in [-0.1, -0.05) is 24.3 Å². The summed E-state index contributed by atoms with van der Waals surface area (Å²) in [5.41, 5.74) is 0.943. The molecule has 1 aromatic heterocycles. The molecule has 126 valence electrons. The second-order valence-electron chi connectivity index (χ2n) is 5.06. The van der Waals surface area contributed by atoms with E-state index in [-0.39, 0.29) is 11.4 Å².